The molecule has 0 unspecified atom stereocenters. The lowest BCUT2D eigenvalue weighted by Crippen LogP contribution is -1.96. The molecule has 0 aliphatic carbocycles. The number of carbonyl (C=O) groups is 1. The van der Waals surface area contributed by atoms with Gasteiger partial charge in [-0.3, -0.25) is 0 Å². The van der Waals surface area contributed by atoms with Crippen LogP contribution in [-0.2, 0) is 17.6 Å². The molecule has 2 aromatic carbocycles. The highest BCUT2D eigenvalue weighted by molar-refractivity contribution is 5.85. The van der Waals surface area contributed by atoms with E-state index in [1.807, 2.05) is 18.2 Å². The average molecular weight is 266 g/mol. The Hall–Kier alpha value is -2.35. The highest BCUT2D eigenvalue weighted by Crippen LogP contribution is 2.11. The second-order valence-electron chi connectivity index (χ2n) is 4.88. The van der Waals surface area contributed by atoms with E-state index < -0.39 is 5.97 Å². The van der Waals surface area contributed by atoms with Gasteiger partial charge in [0.25, 0.3) is 0 Å². The summed E-state index contributed by atoms with van der Waals surface area (Å²) in [5, 5.41) is 8.80. The predicted molar refractivity (Wildman–Crippen MR) is 80.8 cm³/mol. The zero-order chi connectivity index (χ0) is 14.4. The monoisotopic (exact) mass is 266 g/mol. The van der Waals surface area contributed by atoms with Crippen molar-refractivity contribution in [3.8, 4) is 0 Å². The highest BCUT2D eigenvalue weighted by atomic mass is 16.4. The predicted octanol–water partition coefficient (Wildman–Crippen LogP) is 3.85. The van der Waals surface area contributed by atoms with E-state index in [9.17, 15) is 4.79 Å². The van der Waals surface area contributed by atoms with E-state index in [-0.39, 0.29) is 0 Å². The fraction of sp³-hybridized carbons (Fsp3) is 0.167. The normalized spacial score (nSPS) is 11.3. The molecule has 2 aromatic rings. The molecule has 0 amide bonds. The van der Waals surface area contributed by atoms with Gasteiger partial charge in [-0.05, 0) is 36.5 Å². The molecule has 0 spiro atoms. The van der Waals surface area contributed by atoms with E-state index >= 15 is 0 Å². The molecule has 1 N–H and O–H groups in total. The Kier molecular flexibility index (Phi) is 4.72. The largest absolute Gasteiger partial charge is 0.478 e. The zero-order valence-corrected chi connectivity index (χ0v) is 11.5. The van der Waals surface area contributed by atoms with E-state index in [0.717, 1.165) is 12.0 Å². The van der Waals surface area contributed by atoms with Crippen molar-refractivity contribution in [1.82, 2.24) is 0 Å². The van der Waals surface area contributed by atoms with Gasteiger partial charge in [-0.15, -0.1) is 0 Å². The summed E-state index contributed by atoms with van der Waals surface area (Å²) in [6.07, 6.45) is 3.32. The molecule has 102 valence electrons. The molecule has 2 rings (SSSR count). The third kappa shape index (κ3) is 4.09. The first-order valence-corrected chi connectivity index (χ1v) is 6.67. The van der Waals surface area contributed by atoms with Crippen LogP contribution in [0.2, 0.25) is 0 Å². The first-order chi connectivity index (χ1) is 9.65. The molecule has 0 heterocycles. The summed E-state index contributed by atoms with van der Waals surface area (Å²) in [5.41, 5.74) is 4.07. The number of carboxylic acid groups (broad SMARTS) is 1. The Morgan fingerprint density at radius 3 is 2.10 bits per heavy atom. The zero-order valence-electron chi connectivity index (χ0n) is 11.5. The summed E-state index contributed by atoms with van der Waals surface area (Å²) >= 11 is 0. The van der Waals surface area contributed by atoms with Gasteiger partial charge in [0, 0.05) is 5.57 Å². The topological polar surface area (TPSA) is 37.3 Å². The van der Waals surface area contributed by atoms with Crippen molar-refractivity contribution in [2.24, 2.45) is 0 Å². The fourth-order valence-electron chi connectivity index (χ4n) is 1.98. The number of aliphatic carboxylic acids is 1. The fourth-order valence-corrected chi connectivity index (χ4v) is 1.98. The standard InChI is InChI=1S/C18H18O2/c1-14(18(19)20)7-8-15-9-11-17(12-10-15)13-16-5-3-2-4-6-16/h2-7,9-12H,8,13H2,1H3,(H,19,20)/b14-7+. The molecule has 0 aliphatic rings. The number of allylic oxidation sites excluding steroid dienone is 1. The van der Waals surface area contributed by atoms with E-state index in [0.29, 0.717) is 12.0 Å². The smallest absolute Gasteiger partial charge is 0.330 e. The lowest BCUT2D eigenvalue weighted by molar-refractivity contribution is -0.132. The highest BCUT2D eigenvalue weighted by Gasteiger charge is 2.00. The number of carboxylic acids is 1. The minimum absolute atomic E-state index is 0.387. The van der Waals surface area contributed by atoms with Gasteiger partial charge in [-0.25, -0.2) is 4.79 Å². The minimum atomic E-state index is -0.856. The van der Waals surface area contributed by atoms with E-state index in [1.165, 1.54) is 11.1 Å². The molecule has 0 bridgehead atoms. The van der Waals surface area contributed by atoms with Crippen molar-refractivity contribution in [3.05, 3.63) is 82.9 Å². The molecule has 2 nitrogen and oxygen atoms in total. The van der Waals surface area contributed by atoms with Crippen molar-refractivity contribution in [2.75, 3.05) is 0 Å². The summed E-state index contributed by atoms with van der Waals surface area (Å²) in [6.45, 7) is 1.62. The van der Waals surface area contributed by atoms with Crippen LogP contribution in [0.25, 0.3) is 0 Å². The number of benzene rings is 2. The van der Waals surface area contributed by atoms with Gasteiger partial charge in [-0.2, -0.15) is 0 Å². The second kappa shape index (κ2) is 6.71. The first-order valence-electron chi connectivity index (χ1n) is 6.67. The van der Waals surface area contributed by atoms with Crippen molar-refractivity contribution in [2.45, 2.75) is 19.8 Å². The Morgan fingerprint density at radius 1 is 0.950 bits per heavy atom. The molecule has 20 heavy (non-hydrogen) atoms. The molecule has 0 aliphatic heterocycles. The molecule has 0 saturated carbocycles. The third-order valence-electron chi connectivity index (χ3n) is 3.26. The average Bonchev–Trinajstić information content (AvgIpc) is 2.47. The van der Waals surface area contributed by atoms with E-state index in [1.54, 1.807) is 13.0 Å². The van der Waals surface area contributed by atoms with Crippen LogP contribution >= 0.6 is 0 Å². The molecule has 0 radical (unpaired) electrons. The van der Waals surface area contributed by atoms with Crippen LogP contribution in [0.4, 0.5) is 0 Å². The quantitative estimate of drug-likeness (QED) is 0.835. The lowest BCUT2D eigenvalue weighted by atomic mass is 10.0. The van der Waals surface area contributed by atoms with E-state index in [4.69, 9.17) is 5.11 Å². The molecule has 0 saturated heterocycles. The third-order valence-corrected chi connectivity index (χ3v) is 3.26. The molecule has 0 aromatic heterocycles. The summed E-state index contributed by atoms with van der Waals surface area (Å²) in [5.74, 6) is -0.856. The van der Waals surface area contributed by atoms with Gasteiger partial charge in [-0.1, -0.05) is 60.7 Å². The molecular weight excluding hydrogens is 248 g/mol. The van der Waals surface area contributed by atoms with Crippen molar-refractivity contribution in [3.63, 3.8) is 0 Å². The molecule has 0 atom stereocenters. The van der Waals surface area contributed by atoms with Crippen molar-refractivity contribution in [1.29, 1.82) is 0 Å². The Balaban J connectivity index is 2.00. The van der Waals surface area contributed by atoms with Crippen molar-refractivity contribution >= 4 is 5.97 Å². The lowest BCUT2D eigenvalue weighted by Gasteiger charge is -2.03. The van der Waals surface area contributed by atoms with Gasteiger partial charge in [0.15, 0.2) is 0 Å². The maximum atomic E-state index is 10.7. The minimum Gasteiger partial charge on any atom is -0.478 e. The van der Waals surface area contributed by atoms with E-state index in [2.05, 4.69) is 36.4 Å². The van der Waals surface area contributed by atoms with Crippen LogP contribution in [0.15, 0.2) is 66.2 Å². The van der Waals surface area contributed by atoms with Gasteiger partial charge in [0.1, 0.15) is 0 Å². The Labute approximate surface area is 119 Å². The summed E-state index contributed by atoms with van der Waals surface area (Å²) in [4.78, 5) is 10.7. The summed E-state index contributed by atoms with van der Waals surface area (Å²) in [7, 11) is 0. The van der Waals surface area contributed by atoms with Crippen LogP contribution in [0, 0.1) is 0 Å². The van der Waals surface area contributed by atoms with Crippen molar-refractivity contribution < 1.29 is 9.90 Å². The number of rotatable bonds is 5. The Bertz CT molecular complexity index is 595. The molecular formula is C18H18O2. The molecule has 2 heteroatoms. The van der Waals surface area contributed by atoms with Gasteiger partial charge >= 0.3 is 5.97 Å². The van der Waals surface area contributed by atoms with Gasteiger partial charge in [0.05, 0.1) is 0 Å². The van der Waals surface area contributed by atoms with Crippen LogP contribution in [0.1, 0.15) is 23.6 Å². The van der Waals surface area contributed by atoms with Gasteiger partial charge < -0.3 is 5.11 Å². The Morgan fingerprint density at radius 2 is 1.50 bits per heavy atom. The summed E-state index contributed by atoms with van der Waals surface area (Å²) in [6, 6.07) is 18.7. The number of hydrogen-bond acceptors (Lipinski definition) is 1. The van der Waals surface area contributed by atoms with Crippen LogP contribution in [0.3, 0.4) is 0 Å². The maximum absolute atomic E-state index is 10.7. The maximum Gasteiger partial charge on any atom is 0.330 e. The van der Waals surface area contributed by atoms with Crippen LogP contribution in [-0.4, -0.2) is 11.1 Å². The summed E-state index contributed by atoms with van der Waals surface area (Å²) < 4.78 is 0. The first kappa shape index (κ1) is 14.1. The van der Waals surface area contributed by atoms with Crippen LogP contribution < -0.4 is 0 Å². The second-order valence-corrected chi connectivity index (χ2v) is 4.88. The molecule has 0 fully saturated rings. The van der Waals surface area contributed by atoms with Crippen LogP contribution in [0.5, 0.6) is 0 Å². The SMILES string of the molecule is C/C(=C\Cc1ccc(Cc2ccccc2)cc1)C(=O)O. The van der Waals surface area contributed by atoms with Gasteiger partial charge in [0.2, 0.25) is 0 Å². The number of hydrogen-bond donors (Lipinski definition) is 1.